The highest BCUT2D eigenvalue weighted by atomic mass is 15.1. The minimum atomic E-state index is -0.0589. The first-order valence-corrected chi connectivity index (χ1v) is 16.1. The van der Waals surface area contributed by atoms with Crippen molar-refractivity contribution in [1.82, 2.24) is 0 Å². The van der Waals surface area contributed by atoms with Gasteiger partial charge in [0.15, 0.2) is 0 Å². The minimum Gasteiger partial charge on any atom is -0.310 e. The molecule has 0 amide bonds. The van der Waals surface area contributed by atoms with Gasteiger partial charge in [0.25, 0.3) is 0 Å². The van der Waals surface area contributed by atoms with Crippen molar-refractivity contribution in [3.8, 4) is 22.3 Å². The average Bonchev–Trinajstić information content (AvgIpc) is 3.35. The highest BCUT2D eigenvalue weighted by Gasteiger charge is 2.37. The van der Waals surface area contributed by atoms with Crippen LogP contribution < -0.4 is 4.90 Å². The molecular weight excluding hydrogens is 555 g/mol. The number of anilines is 3. The van der Waals surface area contributed by atoms with Gasteiger partial charge in [-0.3, -0.25) is 0 Å². The maximum absolute atomic E-state index is 2.42. The van der Waals surface area contributed by atoms with Gasteiger partial charge in [0, 0.05) is 22.4 Å². The lowest BCUT2D eigenvalue weighted by atomic mass is 9.82. The molecule has 8 aromatic rings. The van der Waals surface area contributed by atoms with Crippen LogP contribution in [0.3, 0.4) is 0 Å². The summed E-state index contributed by atoms with van der Waals surface area (Å²) in [6.45, 7) is 4.69. The second-order valence-electron chi connectivity index (χ2n) is 12.9. The topological polar surface area (TPSA) is 3.24 Å². The fraction of sp³-hybridized carbons (Fsp3) is 0.0667. The molecule has 46 heavy (non-hydrogen) atoms. The number of hydrogen-bond donors (Lipinski definition) is 0. The summed E-state index contributed by atoms with van der Waals surface area (Å²) in [5.74, 6) is 0. The van der Waals surface area contributed by atoms with Crippen molar-refractivity contribution in [1.29, 1.82) is 0 Å². The summed E-state index contributed by atoms with van der Waals surface area (Å²) in [4.78, 5) is 2.42. The van der Waals surface area contributed by atoms with Gasteiger partial charge >= 0.3 is 0 Å². The van der Waals surface area contributed by atoms with E-state index in [0.717, 1.165) is 11.4 Å². The Hall–Kier alpha value is -5.66. The summed E-state index contributed by atoms with van der Waals surface area (Å²) in [5.41, 5.74) is 11.3. The number of nitrogens with zero attached hydrogens (tertiary/aromatic N) is 1. The molecule has 0 bridgehead atoms. The van der Waals surface area contributed by atoms with E-state index in [0.29, 0.717) is 0 Å². The van der Waals surface area contributed by atoms with E-state index in [4.69, 9.17) is 0 Å². The zero-order valence-corrected chi connectivity index (χ0v) is 26.0. The second kappa shape index (κ2) is 10.2. The van der Waals surface area contributed by atoms with Gasteiger partial charge in [0.1, 0.15) is 0 Å². The van der Waals surface area contributed by atoms with E-state index in [1.165, 1.54) is 71.4 Å². The Bertz CT molecular complexity index is 2430. The second-order valence-corrected chi connectivity index (χ2v) is 12.9. The van der Waals surface area contributed by atoms with Crippen molar-refractivity contribution in [2.24, 2.45) is 0 Å². The molecule has 0 N–H and O–H groups in total. The molecule has 0 aliphatic heterocycles. The van der Waals surface area contributed by atoms with Crippen molar-refractivity contribution in [2.75, 3.05) is 4.90 Å². The smallest absolute Gasteiger partial charge is 0.0543 e. The Kier molecular flexibility index (Phi) is 5.92. The van der Waals surface area contributed by atoms with Crippen molar-refractivity contribution in [3.63, 3.8) is 0 Å². The summed E-state index contributed by atoms with van der Waals surface area (Å²) in [6.07, 6.45) is 0. The summed E-state index contributed by atoms with van der Waals surface area (Å²) < 4.78 is 0. The van der Waals surface area contributed by atoms with Crippen LogP contribution in [0.1, 0.15) is 25.0 Å². The fourth-order valence-electron chi connectivity index (χ4n) is 7.83. The van der Waals surface area contributed by atoms with Crippen LogP contribution in [0.4, 0.5) is 17.1 Å². The first kappa shape index (κ1) is 26.7. The molecule has 0 saturated carbocycles. The number of fused-ring (bicyclic) bond motifs is 8. The van der Waals surface area contributed by atoms with Crippen LogP contribution in [0.15, 0.2) is 164 Å². The van der Waals surface area contributed by atoms with E-state index < -0.39 is 0 Å². The minimum absolute atomic E-state index is 0.0589. The average molecular weight is 588 g/mol. The first-order valence-electron chi connectivity index (χ1n) is 16.1. The number of rotatable bonds is 4. The Morgan fingerprint density at radius 2 is 1.04 bits per heavy atom. The highest BCUT2D eigenvalue weighted by molar-refractivity contribution is 6.20. The van der Waals surface area contributed by atoms with Crippen molar-refractivity contribution >= 4 is 49.4 Å². The standard InChI is InChI=1S/C45H33N/c1-45(2)40-19-9-8-17-39(40)44-41(45)20-11-21-42(44)46(33-14-4-3-5-15-33)34-26-22-31(23-27-34)36-18-10-13-32-25-28-37-35-16-7-6-12-30(35)24-29-38(37)43(32)36/h3-29H,1-2H3. The lowest BCUT2D eigenvalue weighted by Gasteiger charge is -2.29. The van der Waals surface area contributed by atoms with E-state index in [2.05, 4.69) is 183 Å². The first-order chi connectivity index (χ1) is 22.6. The summed E-state index contributed by atoms with van der Waals surface area (Å²) in [6, 6.07) is 60.1. The molecule has 9 rings (SSSR count). The van der Waals surface area contributed by atoms with Gasteiger partial charge in [-0.05, 0) is 90.5 Å². The zero-order chi connectivity index (χ0) is 30.8. The molecule has 0 heterocycles. The van der Waals surface area contributed by atoms with Gasteiger partial charge in [0.2, 0.25) is 0 Å². The van der Waals surface area contributed by atoms with Crippen LogP contribution in [0.5, 0.6) is 0 Å². The molecule has 0 saturated heterocycles. The molecule has 0 unspecified atom stereocenters. The van der Waals surface area contributed by atoms with Gasteiger partial charge in [-0.15, -0.1) is 0 Å². The van der Waals surface area contributed by atoms with E-state index in [1.54, 1.807) is 0 Å². The highest BCUT2D eigenvalue weighted by Crippen LogP contribution is 2.54. The number of para-hydroxylation sites is 1. The van der Waals surface area contributed by atoms with E-state index in [-0.39, 0.29) is 5.41 Å². The van der Waals surface area contributed by atoms with Gasteiger partial charge in [-0.25, -0.2) is 0 Å². The third-order valence-electron chi connectivity index (χ3n) is 10.0. The van der Waals surface area contributed by atoms with Crippen LogP contribution in [0.2, 0.25) is 0 Å². The molecule has 0 fully saturated rings. The molecule has 0 aromatic heterocycles. The normalized spacial score (nSPS) is 13.2. The molecule has 0 atom stereocenters. The number of benzene rings is 8. The Morgan fingerprint density at radius 1 is 0.413 bits per heavy atom. The zero-order valence-electron chi connectivity index (χ0n) is 26.0. The van der Waals surface area contributed by atoms with Gasteiger partial charge in [-0.2, -0.15) is 0 Å². The van der Waals surface area contributed by atoms with Gasteiger partial charge in [0.05, 0.1) is 5.69 Å². The lowest BCUT2D eigenvalue weighted by molar-refractivity contribution is 0.660. The third-order valence-corrected chi connectivity index (χ3v) is 10.0. The molecule has 1 nitrogen and oxygen atoms in total. The molecular formula is C45H33N. The van der Waals surface area contributed by atoms with Crippen LogP contribution in [0, 0.1) is 0 Å². The summed E-state index contributed by atoms with van der Waals surface area (Å²) in [7, 11) is 0. The quantitative estimate of drug-likeness (QED) is 0.185. The van der Waals surface area contributed by atoms with E-state index in [1.807, 2.05) is 0 Å². The predicted octanol–water partition coefficient (Wildman–Crippen LogP) is 12.6. The molecule has 1 aliphatic rings. The maximum Gasteiger partial charge on any atom is 0.0543 e. The fourth-order valence-corrected chi connectivity index (χ4v) is 7.83. The molecule has 0 radical (unpaired) electrons. The van der Waals surface area contributed by atoms with Gasteiger partial charge in [-0.1, -0.05) is 147 Å². The monoisotopic (exact) mass is 587 g/mol. The third kappa shape index (κ3) is 3.95. The predicted molar refractivity (Wildman–Crippen MR) is 197 cm³/mol. The summed E-state index contributed by atoms with van der Waals surface area (Å²) in [5, 5.41) is 7.73. The maximum atomic E-state index is 2.42. The van der Waals surface area contributed by atoms with E-state index >= 15 is 0 Å². The molecule has 0 spiro atoms. The number of hydrogen-bond acceptors (Lipinski definition) is 1. The molecule has 8 aromatic carbocycles. The largest absolute Gasteiger partial charge is 0.310 e. The molecule has 1 aliphatic carbocycles. The Morgan fingerprint density at radius 3 is 1.91 bits per heavy atom. The molecule has 218 valence electrons. The summed E-state index contributed by atoms with van der Waals surface area (Å²) >= 11 is 0. The lowest BCUT2D eigenvalue weighted by Crippen LogP contribution is -2.16. The van der Waals surface area contributed by atoms with Crippen LogP contribution in [-0.4, -0.2) is 0 Å². The van der Waals surface area contributed by atoms with E-state index in [9.17, 15) is 0 Å². The van der Waals surface area contributed by atoms with Gasteiger partial charge < -0.3 is 4.90 Å². The SMILES string of the molecule is CC1(C)c2ccccc2-c2c(N(c3ccccc3)c3ccc(-c4cccc5ccc6c7ccccc7ccc6c45)cc3)cccc21. The van der Waals surface area contributed by atoms with Crippen molar-refractivity contribution < 1.29 is 0 Å². The van der Waals surface area contributed by atoms with Crippen molar-refractivity contribution in [2.45, 2.75) is 19.3 Å². The van der Waals surface area contributed by atoms with Crippen molar-refractivity contribution in [3.05, 3.63) is 175 Å². The van der Waals surface area contributed by atoms with Crippen LogP contribution in [0.25, 0.3) is 54.6 Å². The van der Waals surface area contributed by atoms with Crippen LogP contribution in [-0.2, 0) is 5.41 Å². The Labute approximate surface area is 270 Å². The molecule has 1 heteroatoms. The van der Waals surface area contributed by atoms with Crippen LogP contribution >= 0.6 is 0 Å². The Balaban J connectivity index is 1.22.